The lowest BCUT2D eigenvalue weighted by Crippen LogP contribution is -2.52. The van der Waals surface area contributed by atoms with Crippen molar-refractivity contribution in [3.63, 3.8) is 0 Å². The second-order valence-electron chi connectivity index (χ2n) is 9.63. The van der Waals surface area contributed by atoms with E-state index in [4.69, 9.17) is 11.6 Å². The van der Waals surface area contributed by atoms with Crippen molar-refractivity contribution in [1.29, 1.82) is 0 Å². The van der Waals surface area contributed by atoms with Crippen molar-refractivity contribution < 1.29 is 31.2 Å². The molecule has 3 aromatic carbocycles. The Kier molecular flexibility index (Phi) is 11.1. The number of anilines is 1. The predicted molar refractivity (Wildman–Crippen MR) is 159 cm³/mol. The maximum Gasteiger partial charge on any atom is 0.416 e. The van der Waals surface area contributed by atoms with Gasteiger partial charge in [0.15, 0.2) is 0 Å². The van der Waals surface area contributed by atoms with Gasteiger partial charge >= 0.3 is 6.18 Å². The van der Waals surface area contributed by atoms with Crippen LogP contribution in [0.15, 0.2) is 82.2 Å². The highest BCUT2D eigenvalue weighted by atomic mass is 79.9. The maximum absolute atomic E-state index is 13.9. The maximum atomic E-state index is 13.9. The molecule has 0 unspecified atom stereocenters. The summed E-state index contributed by atoms with van der Waals surface area (Å²) in [5, 5.41) is 2.51. The number of benzene rings is 3. The molecule has 2 atom stereocenters. The van der Waals surface area contributed by atoms with E-state index in [1.54, 1.807) is 37.3 Å². The van der Waals surface area contributed by atoms with Gasteiger partial charge in [0.05, 0.1) is 21.2 Å². The first-order chi connectivity index (χ1) is 19.6. The standard InChI is InChI=1S/C29H30BrClF3N3O4S/c1-4-19(2)35-28(39)20(3)36(17-21-10-13-23(30)14-11-21)27(38)18-37(42(40,41)24-8-6-5-7-9-24)26-16-22(29(32,33)34)12-15-25(26)31/h5-16,19-20H,4,17-18H2,1-3H3,(H,35,39)/t19-,20-/m0/s1. The molecule has 0 bridgehead atoms. The molecule has 7 nitrogen and oxygen atoms in total. The quantitative estimate of drug-likeness (QED) is 0.245. The van der Waals surface area contributed by atoms with Crippen LogP contribution in [0.2, 0.25) is 5.02 Å². The van der Waals surface area contributed by atoms with E-state index in [0.717, 1.165) is 16.6 Å². The van der Waals surface area contributed by atoms with E-state index in [0.29, 0.717) is 22.4 Å². The number of hydrogen-bond acceptors (Lipinski definition) is 4. The van der Waals surface area contributed by atoms with Crippen molar-refractivity contribution in [1.82, 2.24) is 10.2 Å². The van der Waals surface area contributed by atoms with E-state index in [9.17, 15) is 31.2 Å². The fourth-order valence-electron chi connectivity index (χ4n) is 3.95. The highest BCUT2D eigenvalue weighted by Gasteiger charge is 2.36. The lowest BCUT2D eigenvalue weighted by atomic mass is 10.1. The second kappa shape index (κ2) is 13.9. The number of rotatable bonds is 11. The van der Waals surface area contributed by atoms with Crippen molar-refractivity contribution >= 4 is 55.1 Å². The summed E-state index contributed by atoms with van der Waals surface area (Å²) in [6.07, 6.45) is -4.17. The number of hydrogen-bond donors (Lipinski definition) is 1. The van der Waals surface area contributed by atoms with Crippen LogP contribution in [0.3, 0.4) is 0 Å². The average molecular weight is 689 g/mol. The van der Waals surface area contributed by atoms with Crippen molar-refractivity contribution in [3.05, 3.63) is 93.4 Å². The molecule has 0 saturated heterocycles. The Hall–Kier alpha value is -3.09. The Morgan fingerprint density at radius 3 is 2.19 bits per heavy atom. The second-order valence-corrected chi connectivity index (χ2v) is 12.8. The van der Waals surface area contributed by atoms with Gasteiger partial charge in [-0.3, -0.25) is 13.9 Å². The molecule has 1 N–H and O–H groups in total. The van der Waals surface area contributed by atoms with Gasteiger partial charge in [-0.25, -0.2) is 8.42 Å². The monoisotopic (exact) mass is 687 g/mol. The number of nitrogens with one attached hydrogen (secondary N) is 1. The molecular weight excluding hydrogens is 659 g/mol. The van der Waals surface area contributed by atoms with Crippen molar-refractivity contribution in [2.45, 2.75) is 56.9 Å². The number of carbonyl (C=O) groups is 2. The Morgan fingerprint density at radius 2 is 1.62 bits per heavy atom. The molecule has 0 aliphatic rings. The van der Waals surface area contributed by atoms with Crippen LogP contribution in [0.25, 0.3) is 0 Å². The van der Waals surface area contributed by atoms with Crippen molar-refractivity contribution in [2.24, 2.45) is 0 Å². The molecule has 0 heterocycles. The minimum absolute atomic E-state index is 0.0727. The summed E-state index contributed by atoms with van der Waals surface area (Å²) in [5.41, 5.74) is -1.02. The molecule has 3 rings (SSSR count). The van der Waals surface area contributed by atoms with Crippen LogP contribution in [0.5, 0.6) is 0 Å². The van der Waals surface area contributed by atoms with Crippen LogP contribution in [0.1, 0.15) is 38.3 Å². The fourth-order valence-corrected chi connectivity index (χ4v) is 5.93. The molecule has 0 radical (unpaired) electrons. The van der Waals surface area contributed by atoms with Crippen LogP contribution in [0, 0.1) is 0 Å². The molecule has 3 aromatic rings. The van der Waals surface area contributed by atoms with E-state index in [1.165, 1.54) is 36.1 Å². The first-order valence-electron chi connectivity index (χ1n) is 12.9. The molecule has 2 amide bonds. The van der Waals surface area contributed by atoms with Crippen molar-refractivity contribution in [2.75, 3.05) is 10.8 Å². The molecule has 0 aromatic heterocycles. The number of alkyl halides is 3. The van der Waals surface area contributed by atoms with Crippen LogP contribution in [-0.2, 0) is 32.3 Å². The third-order valence-corrected chi connectivity index (χ3v) is 9.21. The molecule has 226 valence electrons. The summed E-state index contributed by atoms with van der Waals surface area (Å²) in [5.74, 6) is -1.29. The fraction of sp³-hybridized carbons (Fsp3) is 0.310. The minimum Gasteiger partial charge on any atom is -0.352 e. The van der Waals surface area contributed by atoms with Crippen LogP contribution >= 0.6 is 27.5 Å². The van der Waals surface area contributed by atoms with Gasteiger partial charge in [0.25, 0.3) is 10.0 Å². The predicted octanol–water partition coefficient (Wildman–Crippen LogP) is 6.65. The van der Waals surface area contributed by atoms with Crippen LogP contribution in [0.4, 0.5) is 18.9 Å². The van der Waals surface area contributed by atoms with Gasteiger partial charge in [0, 0.05) is 17.1 Å². The van der Waals surface area contributed by atoms with Gasteiger partial charge in [-0.1, -0.05) is 64.8 Å². The van der Waals surface area contributed by atoms with Gasteiger partial charge in [0.2, 0.25) is 11.8 Å². The zero-order valence-corrected chi connectivity index (χ0v) is 26.2. The van der Waals surface area contributed by atoms with Gasteiger partial charge in [-0.15, -0.1) is 0 Å². The minimum atomic E-state index is -4.80. The van der Waals surface area contributed by atoms with Gasteiger partial charge in [-0.2, -0.15) is 13.2 Å². The summed E-state index contributed by atoms with van der Waals surface area (Å²) in [4.78, 5) is 28.0. The van der Waals surface area contributed by atoms with E-state index < -0.39 is 51.9 Å². The molecule has 0 aliphatic heterocycles. The van der Waals surface area contributed by atoms with Crippen molar-refractivity contribution in [3.8, 4) is 0 Å². The summed E-state index contributed by atoms with van der Waals surface area (Å²) in [7, 11) is -4.59. The molecule has 0 fully saturated rings. The molecule has 0 spiro atoms. The van der Waals surface area contributed by atoms with E-state index in [2.05, 4.69) is 21.2 Å². The number of carbonyl (C=O) groups excluding carboxylic acids is 2. The lowest BCUT2D eigenvalue weighted by molar-refractivity contribution is -0.139. The largest absolute Gasteiger partial charge is 0.416 e. The molecular formula is C29H30BrClF3N3O4S. The van der Waals surface area contributed by atoms with Crippen LogP contribution < -0.4 is 9.62 Å². The smallest absolute Gasteiger partial charge is 0.352 e. The molecule has 42 heavy (non-hydrogen) atoms. The first-order valence-corrected chi connectivity index (χ1v) is 15.5. The third-order valence-electron chi connectivity index (χ3n) is 6.59. The average Bonchev–Trinajstić information content (AvgIpc) is 2.95. The lowest BCUT2D eigenvalue weighted by Gasteiger charge is -2.33. The summed E-state index contributed by atoms with van der Waals surface area (Å²) in [6, 6.07) is 14.9. The normalized spacial score (nSPS) is 13.2. The topological polar surface area (TPSA) is 86.8 Å². The number of sulfonamides is 1. The number of halogens is 5. The highest BCUT2D eigenvalue weighted by molar-refractivity contribution is 9.10. The highest BCUT2D eigenvalue weighted by Crippen LogP contribution is 2.37. The van der Waals surface area contributed by atoms with Gasteiger partial charge in [0.1, 0.15) is 12.6 Å². The third kappa shape index (κ3) is 8.26. The van der Waals surface area contributed by atoms with Crippen LogP contribution in [-0.4, -0.2) is 43.8 Å². The Morgan fingerprint density at radius 1 is 1.00 bits per heavy atom. The number of nitrogens with zero attached hydrogens (tertiary/aromatic N) is 2. The van der Waals surface area contributed by atoms with E-state index in [-0.39, 0.29) is 22.5 Å². The molecule has 13 heteroatoms. The number of amides is 2. The molecule has 0 saturated carbocycles. The zero-order chi connectivity index (χ0) is 31.2. The Balaban J connectivity index is 2.11. The SMILES string of the molecule is CC[C@H](C)NC(=O)[C@H](C)N(Cc1ccc(Br)cc1)C(=O)CN(c1cc(C(F)(F)F)ccc1Cl)S(=O)(=O)c1ccccc1. The summed E-state index contributed by atoms with van der Waals surface area (Å²) < 4.78 is 69.9. The summed E-state index contributed by atoms with van der Waals surface area (Å²) in [6.45, 7) is 4.19. The molecule has 0 aliphatic carbocycles. The van der Waals surface area contributed by atoms with E-state index in [1.807, 2.05) is 6.92 Å². The Bertz CT molecular complexity index is 1510. The van der Waals surface area contributed by atoms with E-state index >= 15 is 0 Å². The van der Waals surface area contributed by atoms with Gasteiger partial charge < -0.3 is 10.2 Å². The zero-order valence-electron chi connectivity index (χ0n) is 23.0. The first kappa shape index (κ1) is 33.4. The summed E-state index contributed by atoms with van der Waals surface area (Å²) >= 11 is 9.61. The Labute approximate surface area is 256 Å². The van der Waals surface area contributed by atoms with Gasteiger partial charge in [-0.05, 0) is 68.3 Å².